The number of anilines is 1. The molecule has 5 heteroatoms. The molecule has 90 valence electrons. The van der Waals surface area contributed by atoms with Gasteiger partial charge in [0.05, 0.1) is 11.6 Å². The molecule has 3 rings (SSSR count). The summed E-state index contributed by atoms with van der Waals surface area (Å²) < 4.78 is 0. The number of nitrogens with zero attached hydrogens (tertiary/aromatic N) is 3. The van der Waals surface area contributed by atoms with E-state index in [1.807, 2.05) is 0 Å². The first-order valence-corrected chi connectivity index (χ1v) is 6.34. The zero-order chi connectivity index (χ0) is 11.5. The lowest BCUT2D eigenvalue weighted by Gasteiger charge is -2.16. The summed E-state index contributed by atoms with van der Waals surface area (Å²) in [6, 6.07) is 0.547. The Balaban J connectivity index is 1.81. The van der Waals surface area contributed by atoms with Crippen LogP contribution in [-0.2, 0) is 0 Å². The van der Waals surface area contributed by atoms with Crippen molar-refractivity contribution in [2.75, 3.05) is 5.32 Å². The molecule has 1 saturated carbocycles. The van der Waals surface area contributed by atoms with Crippen molar-refractivity contribution in [3.05, 3.63) is 12.5 Å². The fourth-order valence-electron chi connectivity index (χ4n) is 2.50. The first-order valence-electron chi connectivity index (χ1n) is 6.34. The van der Waals surface area contributed by atoms with Gasteiger partial charge in [0.15, 0.2) is 5.65 Å². The first-order chi connectivity index (χ1) is 8.43. The molecule has 1 aliphatic rings. The minimum Gasteiger partial charge on any atom is -0.367 e. The normalized spacial score (nSPS) is 18.1. The third-order valence-electron chi connectivity index (χ3n) is 3.44. The van der Waals surface area contributed by atoms with Gasteiger partial charge in [0.25, 0.3) is 0 Å². The second-order valence-electron chi connectivity index (χ2n) is 4.69. The van der Waals surface area contributed by atoms with Crippen LogP contribution in [0, 0.1) is 0 Å². The van der Waals surface area contributed by atoms with E-state index in [9.17, 15) is 0 Å². The highest BCUT2D eigenvalue weighted by atomic mass is 15.2. The molecule has 0 aliphatic heterocycles. The van der Waals surface area contributed by atoms with Crippen molar-refractivity contribution < 1.29 is 0 Å². The maximum Gasteiger partial charge on any atom is 0.160 e. The number of fused-ring (bicyclic) bond motifs is 1. The second kappa shape index (κ2) is 4.69. The third-order valence-corrected chi connectivity index (χ3v) is 3.44. The highest BCUT2D eigenvalue weighted by molar-refractivity contribution is 5.85. The first kappa shape index (κ1) is 10.5. The van der Waals surface area contributed by atoms with Crippen molar-refractivity contribution >= 4 is 16.9 Å². The minimum atomic E-state index is 0.547. The van der Waals surface area contributed by atoms with Gasteiger partial charge < -0.3 is 5.32 Å². The van der Waals surface area contributed by atoms with Crippen LogP contribution in [0.3, 0.4) is 0 Å². The zero-order valence-corrected chi connectivity index (χ0v) is 9.82. The Morgan fingerprint density at radius 3 is 2.76 bits per heavy atom. The molecule has 0 radical (unpaired) electrons. The smallest absolute Gasteiger partial charge is 0.160 e. The second-order valence-corrected chi connectivity index (χ2v) is 4.69. The lowest BCUT2D eigenvalue weighted by Crippen LogP contribution is -2.19. The van der Waals surface area contributed by atoms with E-state index in [4.69, 9.17) is 0 Å². The summed E-state index contributed by atoms with van der Waals surface area (Å²) in [5, 5.41) is 11.4. The molecule has 5 nitrogen and oxygen atoms in total. The van der Waals surface area contributed by atoms with Gasteiger partial charge in [0.1, 0.15) is 12.1 Å². The molecule has 2 aromatic heterocycles. The predicted octanol–water partition coefficient (Wildman–Crippen LogP) is 2.49. The van der Waals surface area contributed by atoms with E-state index in [1.54, 1.807) is 12.5 Å². The van der Waals surface area contributed by atoms with Crippen molar-refractivity contribution in [2.45, 2.75) is 44.6 Å². The Morgan fingerprint density at radius 2 is 1.94 bits per heavy atom. The Morgan fingerprint density at radius 1 is 1.12 bits per heavy atom. The van der Waals surface area contributed by atoms with E-state index in [1.165, 1.54) is 38.5 Å². The summed E-state index contributed by atoms with van der Waals surface area (Å²) in [6.45, 7) is 0. The van der Waals surface area contributed by atoms with Gasteiger partial charge in [-0.05, 0) is 12.8 Å². The number of nitrogens with one attached hydrogen (secondary N) is 2. The van der Waals surface area contributed by atoms with Crippen LogP contribution in [0.15, 0.2) is 12.5 Å². The SMILES string of the molecule is c1nc(NC2CCCCCC2)c2cn[nH]c2n1. The lowest BCUT2D eigenvalue weighted by atomic mass is 10.1. The van der Waals surface area contributed by atoms with Crippen molar-refractivity contribution in [2.24, 2.45) is 0 Å². The molecule has 0 unspecified atom stereocenters. The summed E-state index contributed by atoms with van der Waals surface area (Å²) in [5.74, 6) is 0.913. The summed E-state index contributed by atoms with van der Waals surface area (Å²) in [7, 11) is 0. The third kappa shape index (κ3) is 2.23. The van der Waals surface area contributed by atoms with Gasteiger partial charge in [-0.15, -0.1) is 0 Å². The quantitative estimate of drug-likeness (QED) is 0.779. The molecule has 0 atom stereocenters. The van der Waals surface area contributed by atoms with Gasteiger partial charge in [0.2, 0.25) is 0 Å². The molecular weight excluding hydrogens is 214 g/mol. The van der Waals surface area contributed by atoms with Gasteiger partial charge in [0, 0.05) is 6.04 Å². The Kier molecular flexibility index (Phi) is 2.90. The Bertz CT molecular complexity index is 484. The van der Waals surface area contributed by atoms with E-state index in [0.717, 1.165) is 16.9 Å². The van der Waals surface area contributed by atoms with Gasteiger partial charge in [-0.1, -0.05) is 25.7 Å². The summed E-state index contributed by atoms with van der Waals surface area (Å²) in [6.07, 6.45) is 11.2. The topological polar surface area (TPSA) is 66.5 Å². The number of H-pyrrole nitrogens is 1. The maximum atomic E-state index is 4.32. The molecule has 2 aromatic rings. The van der Waals surface area contributed by atoms with Gasteiger partial charge >= 0.3 is 0 Å². The standard InChI is InChI=1S/C12H17N5/c1-2-4-6-9(5-3-1)16-11-10-7-15-17-12(10)14-8-13-11/h7-9H,1-6H2,(H2,13,14,15,16,17). The summed E-state index contributed by atoms with van der Waals surface area (Å²) >= 11 is 0. The lowest BCUT2D eigenvalue weighted by molar-refractivity contribution is 0.618. The van der Waals surface area contributed by atoms with Crippen LogP contribution in [0.25, 0.3) is 11.0 Å². The average Bonchev–Trinajstić information content (AvgIpc) is 2.69. The minimum absolute atomic E-state index is 0.547. The van der Waals surface area contributed by atoms with E-state index < -0.39 is 0 Å². The number of hydrogen-bond donors (Lipinski definition) is 2. The number of aromatic nitrogens is 4. The maximum absolute atomic E-state index is 4.32. The van der Waals surface area contributed by atoms with Crippen LogP contribution < -0.4 is 5.32 Å². The highest BCUT2D eigenvalue weighted by Crippen LogP contribution is 2.23. The monoisotopic (exact) mass is 231 g/mol. The Hall–Kier alpha value is -1.65. The molecule has 0 saturated heterocycles. The molecule has 2 N–H and O–H groups in total. The molecule has 0 spiro atoms. The molecule has 2 heterocycles. The van der Waals surface area contributed by atoms with Gasteiger partial charge in [-0.25, -0.2) is 9.97 Å². The van der Waals surface area contributed by atoms with Gasteiger partial charge in [-0.3, -0.25) is 5.10 Å². The van der Waals surface area contributed by atoms with Gasteiger partial charge in [-0.2, -0.15) is 5.10 Å². The van der Waals surface area contributed by atoms with Crippen LogP contribution in [0.1, 0.15) is 38.5 Å². The van der Waals surface area contributed by atoms with Crippen LogP contribution >= 0.6 is 0 Å². The largest absolute Gasteiger partial charge is 0.367 e. The molecule has 1 aliphatic carbocycles. The van der Waals surface area contributed by atoms with E-state index in [-0.39, 0.29) is 0 Å². The number of hydrogen-bond acceptors (Lipinski definition) is 4. The van der Waals surface area contributed by atoms with Crippen molar-refractivity contribution in [1.82, 2.24) is 20.2 Å². The molecule has 0 aromatic carbocycles. The molecule has 17 heavy (non-hydrogen) atoms. The average molecular weight is 231 g/mol. The molecular formula is C12H17N5. The number of rotatable bonds is 2. The van der Waals surface area contributed by atoms with Crippen LogP contribution in [-0.4, -0.2) is 26.2 Å². The van der Waals surface area contributed by atoms with E-state index in [2.05, 4.69) is 25.5 Å². The zero-order valence-electron chi connectivity index (χ0n) is 9.82. The fourth-order valence-corrected chi connectivity index (χ4v) is 2.50. The molecule has 0 amide bonds. The Labute approximate surface area is 100 Å². The van der Waals surface area contributed by atoms with Crippen molar-refractivity contribution in [3.63, 3.8) is 0 Å². The van der Waals surface area contributed by atoms with E-state index >= 15 is 0 Å². The van der Waals surface area contributed by atoms with Crippen LogP contribution in [0.4, 0.5) is 5.82 Å². The summed E-state index contributed by atoms with van der Waals surface area (Å²) in [4.78, 5) is 8.47. The van der Waals surface area contributed by atoms with Crippen LogP contribution in [0.5, 0.6) is 0 Å². The molecule has 1 fully saturated rings. The van der Waals surface area contributed by atoms with Crippen molar-refractivity contribution in [3.8, 4) is 0 Å². The van der Waals surface area contributed by atoms with Crippen molar-refractivity contribution in [1.29, 1.82) is 0 Å². The fraction of sp³-hybridized carbons (Fsp3) is 0.583. The predicted molar refractivity (Wildman–Crippen MR) is 66.8 cm³/mol. The number of aromatic amines is 1. The highest BCUT2D eigenvalue weighted by Gasteiger charge is 2.14. The summed E-state index contributed by atoms with van der Waals surface area (Å²) in [5.41, 5.74) is 0.802. The molecule has 0 bridgehead atoms. The van der Waals surface area contributed by atoms with Crippen LogP contribution in [0.2, 0.25) is 0 Å². The van der Waals surface area contributed by atoms with E-state index in [0.29, 0.717) is 6.04 Å².